The van der Waals surface area contributed by atoms with Gasteiger partial charge in [0.05, 0.1) is 17.2 Å². The standard InChI is InChI=1S/C24H26N2O3/c1-3-17-7-10-22(19(4-2)15-17)23(27)29-24(28)26-13-11-21(12-14-26)20-8-5-18(16-25)6-9-20/h5-10,15,21H,3-4,11-14H2,1-2H3. The second kappa shape index (κ2) is 9.38. The molecular formula is C24H26N2O3. The van der Waals surface area contributed by atoms with E-state index in [-0.39, 0.29) is 0 Å². The molecule has 0 N–H and O–H groups in total. The van der Waals surface area contributed by atoms with E-state index in [0.29, 0.717) is 36.6 Å². The van der Waals surface area contributed by atoms with Gasteiger partial charge in [-0.3, -0.25) is 0 Å². The molecule has 0 aliphatic carbocycles. The number of nitriles is 1. The van der Waals surface area contributed by atoms with Gasteiger partial charge in [0.25, 0.3) is 0 Å². The number of rotatable bonds is 4. The van der Waals surface area contributed by atoms with Crippen LogP contribution in [0.1, 0.15) is 65.2 Å². The molecule has 1 heterocycles. The third kappa shape index (κ3) is 4.83. The summed E-state index contributed by atoms with van der Waals surface area (Å²) < 4.78 is 5.18. The molecule has 0 radical (unpaired) electrons. The van der Waals surface area contributed by atoms with E-state index in [2.05, 4.69) is 13.0 Å². The lowest BCUT2D eigenvalue weighted by Crippen LogP contribution is -2.39. The number of hydrogen-bond donors (Lipinski definition) is 0. The summed E-state index contributed by atoms with van der Waals surface area (Å²) in [6.07, 6.45) is 2.65. The topological polar surface area (TPSA) is 70.4 Å². The van der Waals surface area contributed by atoms with Crippen LogP contribution in [-0.4, -0.2) is 30.1 Å². The lowest BCUT2D eigenvalue weighted by molar-refractivity contribution is 0.0521. The van der Waals surface area contributed by atoms with E-state index in [1.807, 2.05) is 43.3 Å². The van der Waals surface area contributed by atoms with E-state index in [1.165, 1.54) is 5.56 Å². The Hall–Kier alpha value is -3.13. The second-order valence-corrected chi connectivity index (χ2v) is 7.35. The third-order valence-electron chi connectivity index (χ3n) is 5.62. The fourth-order valence-corrected chi connectivity index (χ4v) is 3.78. The number of piperidine rings is 1. The number of likely N-dealkylation sites (tertiary alicyclic amines) is 1. The molecule has 2 aromatic carbocycles. The van der Waals surface area contributed by atoms with Gasteiger partial charge in [-0.1, -0.05) is 38.1 Å². The van der Waals surface area contributed by atoms with E-state index in [9.17, 15) is 9.59 Å². The summed E-state index contributed by atoms with van der Waals surface area (Å²) in [6.45, 7) is 5.15. The molecule has 1 saturated heterocycles. The monoisotopic (exact) mass is 390 g/mol. The van der Waals surface area contributed by atoms with Crippen LogP contribution in [-0.2, 0) is 17.6 Å². The SMILES string of the molecule is CCc1ccc(C(=O)OC(=O)N2CCC(c3ccc(C#N)cc3)CC2)c(CC)c1. The molecule has 2 aromatic rings. The second-order valence-electron chi connectivity index (χ2n) is 7.35. The molecule has 0 unspecified atom stereocenters. The van der Waals surface area contributed by atoms with Crippen LogP contribution in [0.15, 0.2) is 42.5 Å². The fraction of sp³-hybridized carbons (Fsp3) is 0.375. The van der Waals surface area contributed by atoms with Gasteiger partial charge < -0.3 is 9.64 Å². The molecule has 1 aliphatic heterocycles. The third-order valence-corrected chi connectivity index (χ3v) is 5.62. The predicted molar refractivity (Wildman–Crippen MR) is 111 cm³/mol. The van der Waals surface area contributed by atoms with Crippen LogP contribution in [0.3, 0.4) is 0 Å². The van der Waals surface area contributed by atoms with Gasteiger partial charge in [0, 0.05) is 13.1 Å². The summed E-state index contributed by atoms with van der Waals surface area (Å²) in [7, 11) is 0. The number of esters is 1. The van der Waals surface area contributed by atoms with Crippen molar-refractivity contribution < 1.29 is 14.3 Å². The number of ether oxygens (including phenoxy) is 1. The average Bonchev–Trinajstić information content (AvgIpc) is 2.78. The molecule has 0 spiro atoms. The van der Waals surface area contributed by atoms with Crippen molar-refractivity contribution in [1.29, 1.82) is 5.26 Å². The summed E-state index contributed by atoms with van der Waals surface area (Å²) >= 11 is 0. The first-order chi connectivity index (χ1) is 14.0. The lowest BCUT2D eigenvalue weighted by Gasteiger charge is -2.31. The number of benzene rings is 2. The molecule has 0 saturated carbocycles. The zero-order chi connectivity index (χ0) is 20.8. The number of carbonyl (C=O) groups excluding carboxylic acids is 2. The number of carbonyl (C=O) groups is 2. The van der Waals surface area contributed by atoms with Gasteiger partial charge in [-0.05, 0) is 66.5 Å². The molecule has 150 valence electrons. The van der Waals surface area contributed by atoms with Crippen molar-refractivity contribution in [3.8, 4) is 6.07 Å². The summed E-state index contributed by atoms with van der Waals surface area (Å²) in [5, 5.41) is 8.91. The number of aryl methyl sites for hydroxylation is 2. The summed E-state index contributed by atoms with van der Waals surface area (Å²) in [5.74, 6) is -0.237. The highest BCUT2D eigenvalue weighted by atomic mass is 16.6. The van der Waals surface area contributed by atoms with E-state index in [0.717, 1.165) is 30.4 Å². The first-order valence-electron chi connectivity index (χ1n) is 10.2. The molecular weight excluding hydrogens is 364 g/mol. The Labute approximate surface area is 171 Å². The van der Waals surface area contributed by atoms with Crippen molar-refractivity contribution in [1.82, 2.24) is 4.90 Å². The molecule has 5 nitrogen and oxygen atoms in total. The molecule has 0 aromatic heterocycles. The van der Waals surface area contributed by atoms with Crippen molar-refractivity contribution in [2.45, 2.75) is 45.4 Å². The Morgan fingerprint density at radius 3 is 2.34 bits per heavy atom. The highest BCUT2D eigenvalue weighted by Gasteiger charge is 2.27. The normalized spacial score (nSPS) is 14.3. The van der Waals surface area contributed by atoms with Crippen LogP contribution in [0, 0.1) is 11.3 Å². The minimum absolute atomic E-state index is 0.343. The molecule has 1 fully saturated rings. The highest BCUT2D eigenvalue weighted by molar-refractivity contribution is 5.97. The Morgan fingerprint density at radius 1 is 1.07 bits per heavy atom. The Balaban J connectivity index is 1.58. The summed E-state index contributed by atoms with van der Waals surface area (Å²) in [5.41, 5.74) is 4.35. The molecule has 29 heavy (non-hydrogen) atoms. The van der Waals surface area contributed by atoms with E-state index >= 15 is 0 Å². The van der Waals surface area contributed by atoms with Crippen LogP contribution >= 0.6 is 0 Å². The first kappa shape index (κ1) is 20.6. The van der Waals surface area contributed by atoms with Gasteiger partial charge in [0.2, 0.25) is 0 Å². The van der Waals surface area contributed by atoms with Crippen molar-refractivity contribution in [3.05, 3.63) is 70.3 Å². The van der Waals surface area contributed by atoms with Crippen molar-refractivity contribution >= 4 is 12.1 Å². The van der Waals surface area contributed by atoms with Crippen LogP contribution in [0.4, 0.5) is 4.79 Å². The van der Waals surface area contributed by atoms with Gasteiger partial charge in [-0.2, -0.15) is 5.26 Å². The van der Waals surface area contributed by atoms with Crippen LogP contribution in [0.2, 0.25) is 0 Å². The van der Waals surface area contributed by atoms with Crippen molar-refractivity contribution in [2.75, 3.05) is 13.1 Å². The van der Waals surface area contributed by atoms with Crippen LogP contribution in [0.25, 0.3) is 0 Å². The maximum absolute atomic E-state index is 12.5. The molecule has 5 heteroatoms. The molecule has 0 bridgehead atoms. The fourth-order valence-electron chi connectivity index (χ4n) is 3.78. The predicted octanol–water partition coefficient (Wildman–Crippen LogP) is 4.84. The van der Waals surface area contributed by atoms with E-state index < -0.39 is 12.1 Å². The van der Waals surface area contributed by atoms with Gasteiger partial charge in [-0.15, -0.1) is 0 Å². The highest BCUT2D eigenvalue weighted by Crippen LogP contribution is 2.28. The van der Waals surface area contributed by atoms with Gasteiger partial charge in [0.15, 0.2) is 0 Å². The maximum atomic E-state index is 12.5. The number of hydrogen-bond acceptors (Lipinski definition) is 4. The largest absolute Gasteiger partial charge is 0.417 e. The molecule has 0 atom stereocenters. The van der Waals surface area contributed by atoms with E-state index in [4.69, 9.17) is 10.00 Å². The zero-order valence-electron chi connectivity index (χ0n) is 17.0. The lowest BCUT2D eigenvalue weighted by atomic mass is 9.89. The van der Waals surface area contributed by atoms with Gasteiger partial charge in [-0.25, -0.2) is 9.59 Å². The smallest absolute Gasteiger partial charge is 0.372 e. The molecule has 3 rings (SSSR count). The average molecular weight is 390 g/mol. The first-order valence-corrected chi connectivity index (χ1v) is 10.2. The molecule has 1 amide bonds. The minimum Gasteiger partial charge on any atom is -0.372 e. The molecule has 1 aliphatic rings. The van der Waals surface area contributed by atoms with Crippen molar-refractivity contribution in [3.63, 3.8) is 0 Å². The van der Waals surface area contributed by atoms with Crippen molar-refractivity contribution in [2.24, 2.45) is 0 Å². The number of nitrogens with zero attached hydrogens (tertiary/aromatic N) is 2. The summed E-state index contributed by atoms with van der Waals surface area (Å²) in [6, 6.07) is 15.4. The number of amides is 1. The maximum Gasteiger partial charge on any atom is 0.417 e. The Kier molecular flexibility index (Phi) is 6.66. The summed E-state index contributed by atoms with van der Waals surface area (Å²) in [4.78, 5) is 26.6. The van der Waals surface area contributed by atoms with E-state index in [1.54, 1.807) is 11.0 Å². The van der Waals surface area contributed by atoms with Gasteiger partial charge >= 0.3 is 12.1 Å². The van der Waals surface area contributed by atoms with Gasteiger partial charge in [0.1, 0.15) is 0 Å². The minimum atomic E-state index is -0.580. The Bertz CT molecular complexity index is 920. The quantitative estimate of drug-likeness (QED) is 0.553. The zero-order valence-corrected chi connectivity index (χ0v) is 17.0. The van der Waals surface area contributed by atoms with Crippen LogP contribution < -0.4 is 0 Å². The van der Waals surface area contributed by atoms with Crippen LogP contribution in [0.5, 0.6) is 0 Å². The Morgan fingerprint density at radius 2 is 1.76 bits per heavy atom.